The maximum Gasteiger partial charge on any atom is 1.00 e. The fourth-order valence-electron chi connectivity index (χ4n) is 3.76. The second-order valence-electron chi connectivity index (χ2n) is 7.32. The summed E-state index contributed by atoms with van der Waals surface area (Å²) < 4.78 is 33.7. The van der Waals surface area contributed by atoms with Crippen LogP contribution < -0.4 is 40.3 Å². The molecule has 31 heavy (non-hydrogen) atoms. The number of aromatic nitrogens is 1. The van der Waals surface area contributed by atoms with E-state index in [9.17, 15) is 28.3 Å². The summed E-state index contributed by atoms with van der Waals surface area (Å²) in [6.45, 7) is 2.18. The number of rotatable bonds is 3. The normalized spacial score (nSPS) is 19.8. The van der Waals surface area contributed by atoms with E-state index in [-0.39, 0.29) is 61.4 Å². The molecule has 0 unspecified atom stereocenters. The Balaban J connectivity index is 0.00000181. The number of fused-ring (bicyclic) bond motifs is 2. The molecular formula is C20H20F2N3NaO5. The van der Waals surface area contributed by atoms with Gasteiger partial charge in [0, 0.05) is 30.4 Å². The summed E-state index contributed by atoms with van der Waals surface area (Å²) in [4.78, 5) is 39.4. The minimum absolute atomic E-state index is 0. The topological polar surface area (TPSA) is 101 Å². The minimum atomic E-state index is -1.00. The van der Waals surface area contributed by atoms with Crippen molar-refractivity contribution in [1.82, 2.24) is 14.8 Å². The largest absolute Gasteiger partial charge is 1.00 e. The van der Waals surface area contributed by atoms with E-state index in [1.165, 1.54) is 21.7 Å². The first kappa shape index (κ1) is 23.4. The molecule has 3 heterocycles. The molecule has 0 bridgehead atoms. The first-order chi connectivity index (χ1) is 14.3. The van der Waals surface area contributed by atoms with Crippen molar-refractivity contribution in [2.24, 2.45) is 0 Å². The Morgan fingerprint density at radius 2 is 2.10 bits per heavy atom. The predicted molar refractivity (Wildman–Crippen MR) is 101 cm³/mol. The van der Waals surface area contributed by atoms with E-state index in [1.54, 1.807) is 0 Å². The van der Waals surface area contributed by atoms with Crippen molar-refractivity contribution in [1.29, 1.82) is 0 Å². The van der Waals surface area contributed by atoms with Crippen molar-refractivity contribution in [2.75, 3.05) is 6.61 Å². The van der Waals surface area contributed by atoms with Crippen molar-refractivity contribution in [3.63, 3.8) is 0 Å². The van der Waals surface area contributed by atoms with E-state index in [2.05, 4.69) is 5.32 Å². The molecule has 0 saturated carbocycles. The molecular weight excluding hydrogens is 423 g/mol. The third-order valence-electron chi connectivity index (χ3n) is 5.38. The van der Waals surface area contributed by atoms with Crippen molar-refractivity contribution < 1.29 is 59.2 Å². The Morgan fingerprint density at radius 1 is 1.35 bits per heavy atom. The number of carbonyl (C=O) groups is 2. The summed E-state index contributed by atoms with van der Waals surface area (Å²) in [5, 5.41) is 12.7. The number of aromatic hydroxyl groups is 1. The van der Waals surface area contributed by atoms with Gasteiger partial charge in [-0.25, -0.2) is 8.78 Å². The molecule has 2 aromatic rings. The SMILES string of the molecule is C[C@@H]1CCO[C@H]2Cn3cc(C(=O)NCc4ccc(F)cc4F)c(=O)c(O)c3C(=O)N12.[H-].[Na+]. The number of hydrogen-bond donors (Lipinski definition) is 2. The second kappa shape index (κ2) is 9.07. The van der Waals surface area contributed by atoms with Crippen LogP contribution in [0.3, 0.4) is 0 Å². The standard InChI is InChI=1S/C20H19F2N3O5.Na.H/c1-10-4-5-30-15-9-24-8-13(17(26)18(27)16(24)20(29)25(10)15)19(28)23-7-11-2-3-12(21)6-14(11)22;;/h2-3,6,8,10,15,27H,4-5,7,9H2,1H3,(H,23,28);;/q;+1;-1/t10-,15+;;/m1../s1. The molecule has 8 nitrogen and oxygen atoms in total. The van der Waals surface area contributed by atoms with Crippen molar-refractivity contribution in [3.05, 3.63) is 63.1 Å². The number of nitrogens with zero attached hydrogens (tertiary/aromatic N) is 2. The van der Waals surface area contributed by atoms with Gasteiger partial charge in [0.25, 0.3) is 11.8 Å². The monoisotopic (exact) mass is 443 g/mol. The Labute approximate surface area is 199 Å². The molecule has 2 amide bonds. The molecule has 4 rings (SSSR count). The zero-order valence-electron chi connectivity index (χ0n) is 18.0. The zero-order chi connectivity index (χ0) is 21.6. The van der Waals surface area contributed by atoms with E-state index < -0.39 is 46.4 Å². The zero-order valence-corrected chi connectivity index (χ0v) is 19.0. The molecule has 2 aliphatic rings. The van der Waals surface area contributed by atoms with E-state index in [4.69, 9.17) is 4.74 Å². The summed E-state index contributed by atoms with van der Waals surface area (Å²) in [5.41, 5.74) is -1.57. The van der Waals surface area contributed by atoms with E-state index >= 15 is 0 Å². The molecule has 1 fully saturated rings. The summed E-state index contributed by atoms with van der Waals surface area (Å²) >= 11 is 0. The molecule has 2 N–H and O–H groups in total. The summed E-state index contributed by atoms with van der Waals surface area (Å²) in [7, 11) is 0. The molecule has 0 aliphatic carbocycles. The number of carbonyl (C=O) groups excluding carboxylic acids is 2. The molecule has 1 aromatic heterocycles. The Bertz CT molecular complexity index is 1110. The smallest absolute Gasteiger partial charge is 1.00 e. The fourth-order valence-corrected chi connectivity index (χ4v) is 3.76. The maximum absolute atomic E-state index is 13.8. The molecule has 11 heteroatoms. The van der Waals surface area contributed by atoms with Gasteiger partial charge in [0.1, 0.15) is 17.2 Å². The molecule has 1 aromatic carbocycles. The van der Waals surface area contributed by atoms with Gasteiger partial charge in [0.05, 0.1) is 13.2 Å². The molecule has 160 valence electrons. The van der Waals surface area contributed by atoms with Crippen molar-refractivity contribution in [2.45, 2.75) is 38.7 Å². The van der Waals surface area contributed by atoms with Crippen molar-refractivity contribution in [3.8, 4) is 5.75 Å². The number of halogens is 2. The van der Waals surface area contributed by atoms with Crippen LogP contribution in [0.4, 0.5) is 8.78 Å². The van der Waals surface area contributed by atoms with Gasteiger partial charge in [-0.15, -0.1) is 0 Å². The molecule has 2 atom stereocenters. The van der Waals surface area contributed by atoms with Crippen LogP contribution in [0.1, 0.15) is 41.2 Å². The van der Waals surface area contributed by atoms with Crippen LogP contribution in [0.25, 0.3) is 0 Å². The number of hydrogen-bond acceptors (Lipinski definition) is 5. The number of pyridine rings is 1. The van der Waals surface area contributed by atoms with Crippen LogP contribution in [0, 0.1) is 11.6 Å². The van der Waals surface area contributed by atoms with Crippen LogP contribution in [-0.4, -0.2) is 45.3 Å². The Morgan fingerprint density at radius 3 is 2.81 bits per heavy atom. The van der Waals surface area contributed by atoms with Gasteiger partial charge in [0.15, 0.2) is 17.7 Å². The maximum atomic E-state index is 13.8. The van der Waals surface area contributed by atoms with E-state index in [1.807, 2.05) is 6.92 Å². The van der Waals surface area contributed by atoms with E-state index in [0.29, 0.717) is 19.1 Å². The number of amides is 2. The van der Waals surface area contributed by atoms with Gasteiger partial charge in [-0.05, 0) is 19.4 Å². The van der Waals surface area contributed by atoms with Gasteiger partial charge in [0.2, 0.25) is 5.43 Å². The average Bonchev–Trinajstić information content (AvgIpc) is 2.69. The predicted octanol–water partition coefficient (Wildman–Crippen LogP) is -1.53. The number of ether oxygens (including phenoxy) is 1. The van der Waals surface area contributed by atoms with E-state index in [0.717, 1.165) is 6.07 Å². The molecule has 2 aliphatic heterocycles. The number of benzene rings is 1. The summed E-state index contributed by atoms with van der Waals surface area (Å²) in [6.07, 6.45) is 1.25. The van der Waals surface area contributed by atoms with Gasteiger partial charge in [-0.1, -0.05) is 6.07 Å². The summed E-state index contributed by atoms with van der Waals surface area (Å²) in [6, 6.07) is 2.79. The van der Waals surface area contributed by atoms with Crippen molar-refractivity contribution >= 4 is 11.8 Å². The van der Waals surface area contributed by atoms with Gasteiger partial charge < -0.3 is 26.1 Å². The molecule has 1 saturated heterocycles. The van der Waals surface area contributed by atoms with Gasteiger partial charge in [-0.2, -0.15) is 0 Å². The molecule has 0 spiro atoms. The van der Waals surface area contributed by atoms with Gasteiger partial charge in [-0.3, -0.25) is 14.4 Å². The third kappa shape index (κ3) is 4.25. The Hall–Kier alpha value is -2.27. The van der Waals surface area contributed by atoms with Crippen LogP contribution in [0.15, 0.2) is 29.2 Å². The van der Waals surface area contributed by atoms with Crippen LogP contribution in [0.5, 0.6) is 5.75 Å². The molecule has 0 radical (unpaired) electrons. The van der Waals surface area contributed by atoms with Crippen LogP contribution >= 0.6 is 0 Å². The number of nitrogens with one attached hydrogen (secondary N) is 1. The third-order valence-corrected chi connectivity index (χ3v) is 5.38. The summed E-state index contributed by atoms with van der Waals surface area (Å²) in [5.74, 6) is -3.82. The first-order valence-electron chi connectivity index (χ1n) is 9.40. The Kier molecular flexibility index (Phi) is 6.85. The average molecular weight is 443 g/mol. The second-order valence-corrected chi connectivity index (χ2v) is 7.32. The van der Waals surface area contributed by atoms with Crippen LogP contribution in [-0.2, 0) is 17.8 Å². The van der Waals surface area contributed by atoms with Crippen LogP contribution in [0.2, 0.25) is 0 Å². The first-order valence-corrected chi connectivity index (χ1v) is 9.40. The fraction of sp³-hybridized carbons (Fsp3) is 0.350. The quantitative estimate of drug-likeness (QED) is 0.561. The minimum Gasteiger partial charge on any atom is -1.00 e. The van der Waals surface area contributed by atoms with Gasteiger partial charge >= 0.3 is 29.6 Å².